The minimum atomic E-state index is 0.332. The van der Waals surface area contributed by atoms with Crippen LogP contribution >= 0.6 is 0 Å². The molecule has 0 unspecified atom stereocenters. The van der Waals surface area contributed by atoms with Crippen molar-refractivity contribution in [2.45, 2.75) is 89.4 Å². The summed E-state index contributed by atoms with van der Waals surface area (Å²) in [6.45, 7) is 3.93. The zero-order valence-corrected chi connectivity index (χ0v) is 18.7. The van der Waals surface area contributed by atoms with E-state index in [0.717, 1.165) is 24.0 Å². The Labute approximate surface area is 178 Å². The second kappa shape index (κ2) is 12.0. The highest BCUT2D eigenvalue weighted by Crippen LogP contribution is 2.43. The molecule has 1 aromatic rings. The molecule has 0 saturated heterocycles. The van der Waals surface area contributed by atoms with E-state index in [1.54, 1.807) is 7.11 Å². The summed E-state index contributed by atoms with van der Waals surface area (Å²) in [5.41, 5.74) is 2.89. The molecule has 1 N–H and O–H groups in total. The monoisotopic (exact) mass is 402 g/mol. The largest absolute Gasteiger partial charge is 0.491 e. The van der Waals surface area contributed by atoms with Crippen LogP contribution in [-0.4, -0.2) is 32.0 Å². The summed E-state index contributed by atoms with van der Waals surface area (Å²) in [5.74, 6) is 4.15. The van der Waals surface area contributed by atoms with Gasteiger partial charge in [0.25, 0.3) is 0 Å². The van der Waals surface area contributed by atoms with Crippen molar-refractivity contribution in [1.82, 2.24) is 0 Å². The number of benzene rings is 1. The lowest BCUT2D eigenvalue weighted by molar-refractivity contribution is 0.145. The summed E-state index contributed by atoms with van der Waals surface area (Å²) in [6.07, 6.45) is 13.9. The summed E-state index contributed by atoms with van der Waals surface area (Å²) < 4.78 is 11.5. The maximum Gasteiger partial charge on any atom is 0.123 e. The molecule has 0 aliphatic heterocycles. The Balaban J connectivity index is 1.67. The third kappa shape index (κ3) is 6.46. The van der Waals surface area contributed by atoms with Gasteiger partial charge in [0.05, 0.1) is 6.61 Å². The van der Waals surface area contributed by atoms with Gasteiger partial charge in [-0.2, -0.15) is 0 Å². The number of rotatable bonds is 10. The Hall–Kier alpha value is -1.06. The second-order valence-electron chi connectivity index (χ2n) is 9.35. The number of aliphatic hydroxyl groups excluding tert-OH is 1. The molecule has 0 radical (unpaired) electrons. The summed E-state index contributed by atoms with van der Waals surface area (Å²) in [4.78, 5) is 0. The van der Waals surface area contributed by atoms with Gasteiger partial charge in [-0.15, -0.1) is 0 Å². The van der Waals surface area contributed by atoms with Crippen LogP contribution in [0.5, 0.6) is 5.75 Å². The lowest BCUT2D eigenvalue weighted by Crippen LogP contribution is -2.16. The van der Waals surface area contributed by atoms with Crippen molar-refractivity contribution in [2.75, 3.05) is 26.9 Å². The van der Waals surface area contributed by atoms with Crippen molar-refractivity contribution >= 4 is 0 Å². The molecule has 3 nitrogen and oxygen atoms in total. The van der Waals surface area contributed by atoms with Gasteiger partial charge in [-0.3, -0.25) is 0 Å². The second-order valence-corrected chi connectivity index (χ2v) is 9.35. The first-order valence-corrected chi connectivity index (χ1v) is 12.1. The third-order valence-electron chi connectivity index (χ3n) is 7.54. The highest BCUT2D eigenvalue weighted by atomic mass is 16.5. The van der Waals surface area contributed by atoms with E-state index in [4.69, 9.17) is 14.6 Å². The van der Waals surface area contributed by atoms with Crippen LogP contribution in [0.4, 0.5) is 0 Å². The maximum absolute atomic E-state index is 9.10. The molecule has 2 saturated carbocycles. The molecule has 0 atom stereocenters. The standard InChI is InChI=1S/C26H42O3/c1-3-20-6-10-22(11-7-20)24-14-15-25(26(19-24)29-18-17-28-2)23-12-8-21(9-13-23)5-4-16-27/h14-15,19-23,27H,3-13,16-18H2,1-2H3. The Bertz CT molecular complexity index is 584. The quantitative estimate of drug-likeness (QED) is 0.458. The summed E-state index contributed by atoms with van der Waals surface area (Å²) in [7, 11) is 1.74. The molecule has 0 spiro atoms. The van der Waals surface area contributed by atoms with Crippen LogP contribution in [0.25, 0.3) is 0 Å². The van der Waals surface area contributed by atoms with Crippen LogP contribution in [0, 0.1) is 11.8 Å². The molecule has 29 heavy (non-hydrogen) atoms. The van der Waals surface area contributed by atoms with Crippen molar-refractivity contribution in [1.29, 1.82) is 0 Å². The molecule has 0 bridgehead atoms. The lowest BCUT2D eigenvalue weighted by Gasteiger charge is -2.31. The lowest BCUT2D eigenvalue weighted by atomic mass is 9.75. The fourth-order valence-electron chi connectivity index (χ4n) is 5.55. The highest BCUT2D eigenvalue weighted by molar-refractivity contribution is 5.41. The molecule has 1 aromatic carbocycles. The van der Waals surface area contributed by atoms with Crippen LogP contribution in [0.2, 0.25) is 0 Å². The van der Waals surface area contributed by atoms with Crippen LogP contribution in [0.1, 0.15) is 101 Å². The molecular formula is C26H42O3. The van der Waals surface area contributed by atoms with E-state index in [9.17, 15) is 0 Å². The zero-order valence-electron chi connectivity index (χ0n) is 18.7. The first-order valence-electron chi connectivity index (χ1n) is 12.1. The Kier molecular flexibility index (Phi) is 9.33. The van der Waals surface area contributed by atoms with Crippen molar-refractivity contribution in [3.05, 3.63) is 29.3 Å². The Morgan fingerprint density at radius 3 is 2.24 bits per heavy atom. The maximum atomic E-state index is 9.10. The summed E-state index contributed by atoms with van der Waals surface area (Å²) in [5, 5.41) is 9.10. The molecule has 2 fully saturated rings. The first-order chi connectivity index (χ1) is 14.2. The number of aliphatic hydroxyl groups is 1. The predicted octanol–water partition coefficient (Wildman–Crippen LogP) is 6.44. The normalized spacial score (nSPS) is 27.7. The molecule has 0 heterocycles. The van der Waals surface area contributed by atoms with Gasteiger partial charge in [0, 0.05) is 13.7 Å². The Morgan fingerprint density at radius 2 is 1.59 bits per heavy atom. The van der Waals surface area contributed by atoms with Crippen LogP contribution in [0.15, 0.2) is 18.2 Å². The van der Waals surface area contributed by atoms with E-state index in [2.05, 4.69) is 25.1 Å². The van der Waals surface area contributed by atoms with Crippen LogP contribution in [-0.2, 0) is 4.74 Å². The Morgan fingerprint density at radius 1 is 0.897 bits per heavy atom. The predicted molar refractivity (Wildman–Crippen MR) is 120 cm³/mol. The fraction of sp³-hybridized carbons (Fsp3) is 0.769. The number of hydrogen-bond donors (Lipinski definition) is 1. The van der Waals surface area contributed by atoms with Gasteiger partial charge in [0.15, 0.2) is 0 Å². The van der Waals surface area contributed by atoms with Gasteiger partial charge in [-0.25, -0.2) is 0 Å². The number of hydrogen-bond acceptors (Lipinski definition) is 3. The van der Waals surface area contributed by atoms with Gasteiger partial charge < -0.3 is 14.6 Å². The smallest absolute Gasteiger partial charge is 0.123 e. The van der Waals surface area contributed by atoms with E-state index in [1.807, 2.05) is 0 Å². The van der Waals surface area contributed by atoms with Gasteiger partial charge in [-0.05, 0) is 105 Å². The average molecular weight is 403 g/mol. The molecular weight excluding hydrogens is 360 g/mol. The molecule has 2 aliphatic rings. The molecule has 2 aliphatic carbocycles. The van der Waals surface area contributed by atoms with E-state index in [1.165, 1.54) is 75.3 Å². The zero-order chi connectivity index (χ0) is 20.5. The molecule has 3 rings (SSSR count). The van der Waals surface area contributed by atoms with Crippen molar-refractivity contribution in [2.24, 2.45) is 11.8 Å². The van der Waals surface area contributed by atoms with Crippen LogP contribution in [0.3, 0.4) is 0 Å². The molecule has 164 valence electrons. The van der Waals surface area contributed by atoms with Crippen molar-refractivity contribution in [3.8, 4) is 5.75 Å². The van der Waals surface area contributed by atoms with E-state index in [-0.39, 0.29) is 0 Å². The van der Waals surface area contributed by atoms with Crippen molar-refractivity contribution < 1.29 is 14.6 Å². The minimum Gasteiger partial charge on any atom is -0.491 e. The van der Waals surface area contributed by atoms with Crippen LogP contribution < -0.4 is 4.74 Å². The molecule has 3 heteroatoms. The average Bonchev–Trinajstić information content (AvgIpc) is 2.78. The van der Waals surface area contributed by atoms with Crippen molar-refractivity contribution in [3.63, 3.8) is 0 Å². The van der Waals surface area contributed by atoms with E-state index in [0.29, 0.717) is 31.7 Å². The number of ether oxygens (including phenoxy) is 2. The van der Waals surface area contributed by atoms with Gasteiger partial charge in [-0.1, -0.05) is 25.5 Å². The van der Waals surface area contributed by atoms with Gasteiger partial charge in [0.1, 0.15) is 12.4 Å². The highest BCUT2D eigenvalue weighted by Gasteiger charge is 2.26. The SMILES string of the molecule is CCC1CCC(c2ccc(C3CCC(CCCO)CC3)c(OCCOC)c2)CC1. The van der Waals surface area contributed by atoms with Gasteiger partial charge in [0.2, 0.25) is 0 Å². The van der Waals surface area contributed by atoms with E-state index < -0.39 is 0 Å². The third-order valence-corrected chi connectivity index (χ3v) is 7.54. The summed E-state index contributed by atoms with van der Waals surface area (Å²) in [6, 6.07) is 7.13. The van der Waals surface area contributed by atoms with E-state index >= 15 is 0 Å². The molecule has 0 amide bonds. The first kappa shape index (κ1) is 22.6. The fourth-order valence-corrected chi connectivity index (χ4v) is 5.55. The number of methoxy groups -OCH3 is 1. The summed E-state index contributed by atoms with van der Waals surface area (Å²) >= 11 is 0. The van der Waals surface area contributed by atoms with Gasteiger partial charge >= 0.3 is 0 Å². The minimum absolute atomic E-state index is 0.332. The topological polar surface area (TPSA) is 38.7 Å². The molecule has 0 aromatic heterocycles.